The molecule has 0 saturated carbocycles. The number of aromatic nitrogens is 2. The van der Waals surface area contributed by atoms with Gasteiger partial charge in [0.15, 0.2) is 0 Å². The summed E-state index contributed by atoms with van der Waals surface area (Å²) in [4.78, 5) is 8.67. The Bertz CT molecular complexity index is 1200. The Balaban J connectivity index is 1.72. The van der Waals surface area contributed by atoms with E-state index in [0.29, 0.717) is 41.3 Å². The Morgan fingerprint density at radius 1 is 1.24 bits per heavy atom. The second-order valence-corrected chi connectivity index (χ2v) is 10.0. The van der Waals surface area contributed by atoms with Crippen LogP contribution in [0.2, 0.25) is 5.02 Å². The number of ether oxygens (including phenoxy) is 1. The van der Waals surface area contributed by atoms with Crippen LogP contribution in [0.1, 0.15) is 11.1 Å². The molecule has 0 fully saturated rings. The molecule has 29 heavy (non-hydrogen) atoms. The minimum absolute atomic E-state index is 0.140. The summed E-state index contributed by atoms with van der Waals surface area (Å²) in [5.41, 5.74) is 9.56. The number of rotatable bonds is 6. The van der Waals surface area contributed by atoms with Crippen molar-refractivity contribution in [3.05, 3.63) is 46.5 Å². The van der Waals surface area contributed by atoms with Crippen molar-refractivity contribution in [2.75, 3.05) is 24.3 Å². The van der Waals surface area contributed by atoms with E-state index in [2.05, 4.69) is 14.7 Å². The highest BCUT2D eigenvalue weighted by atomic mass is 35.5. The number of sulfonamides is 1. The number of nitrogen functional groups attached to an aromatic ring is 1. The zero-order valence-electron chi connectivity index (χ0n) is 15.6. The maximum Gasteiger partial charge on any atom is 0.221 e. The molecule has 10 heteroatoms. The van der Waals surface area contributed by atoms with E-state index in [-0.39, 0.29) is 5.95 Å². The lowest BCUT2D eigenvalue weighted by Crippen LogP contribution is -2.24. The summed E-state index contributed by atoms with van der Waals surface area (Å²) < 4.78 is 30.5. The molecular formula is C19H19ClN4O3S2. The van der Waals surface area contributed by atoms with Gasteiger partial charge in [-0.25, -0.2) is 23.1 Å². The van der Waals surface area contributed by atoms with Gasteiger partial charge in [0.1, 0.15) is 5.03 Å². The van der Waals surface area contributed by atoms with Crippen molar-refractivity contribution in [2.24, 2.45) is 0 Å². The number of nitrogens with zero attached hydrogens (tertiary/aromatic N) is 2. The molecule has 2 aromatic carbocycles. The van der Waals surface area contributed by atoms with Crippen LogP contribution in [0.3, 0.4) is 0 Å². The van der Waals surface area contributed by atoms with E-state index < -0.39 is 10.0 Å². The number of nitrogens with two attached hydrogens (primary N) is 1. The Hall–Kier alpha value is -1.91. The number of halogens is 1. The van der Waals surface area contributed by atoms with Crippen molar-refractivity contribution in [3.8, 4) is 11.3 Å². The van der Waals surface area contributed by atoms with E-state index in [4.69, 9.17) is 22.1 Å². The van der Waals surface area contributed by atoms with E-state index in [9.17, 15) is 8.42 Å². The van der Waals surface area contributed by atoms with E-state index in [1.54, 1.807) is 0 Å². The van der Waals surface area contributed by atoms with Crippen LogP contribution in [0.15, 0.2) is 35.4 Å². The fraction of sp³-hybridized carbons (Fsp3) is 0.263. The molecule has 152 valence electrons. The number of anilines is 1. The number of hydrogen-bond acceptors (Lipinski definition) is 7. The lowest BCUT2D eigenvalue weighted by Gasteiger charge is -2.20. The summed E-state index contributed by atoms with van der Waals surface area (Å²) in [5.74, 6) is 0.652. The van der Waals surface area contributed by atoms with Gasteiger partial charge < -0.3 is 10.5 Å². The fourth-order valence-corrected chi connectivity index (χ4v) is 5.11. The SMILES string of the molecule is CS(=O)(=O)NCCSc1cc(-c2c(Cl)cc3c4c(cccc24)COC3)nc(N)n1. The molecule has 0 aliphatic carbocycles. The molecule has 2 heterocycles. The van der Waals surface area contributed by atoms with Crippen molar-refractivity contribution < 1.29 is 13.2 Å². The summed E-state index contributed by atoms with van der Waals surface area (Å²) >= 11 is 8.04. The van der Waals surface area contributed by atoms with Crippen LogP contribution < -0.4 is 10.5 Å². The smallest absolute Gasteiger partial charge is 0.221 e. The Kier molecular flexibility index (Phi) is 5.67. The van der Waals surface area contributed by atoms with E-state index >= 15 is 0 Å². The van der Waals surface area contributed by atoms with Gasteiger partial charge in [-0.15, -0.1) is 11.8 Å². The van der Waals surface area contributed by atoms with Gasteiger partial charge >= 0.3 is 0 Å². The first-order chi connectivity index (χ1) is 13.8. The predicted molar refractivity (Wildman–Crippen MR) is 116 cm³/mol. The van der Waals surface area contributed by atoms with Gasteiger partial charge in [-0.05, 0) is 34.0 Å². The summed E-state index contributed by atoms with van der Waals surface area (Å²) in [6, 6.07) is 9.80. The van der Waals surface area contributed by atoms with Crippen molar-refractivity contribution in [1.29, 1.82) is 0 Å². The van der Waals surface area contributed by atoms with Crippen LogP contribution in [0.25, 0.3) is 22.0 Å². The lowest BCUT2D eigenvalue weighted by molar-refractivity contribution is 0.103. The average molecular weight is 451 g/mol. The highest BCUT2D eigenvalue weighted by Gasteiger charge is 2.20. The fourth-order valence-electron chi connectivity index (χ4n) is 3.41. The first kappa shape index (κ1) is 20.4. The molecule has 0 spiro atoms. The minimum atomic E-state index is -3.22. The van der Waals surface area contributed by atoms with Gasteiger partial charge in [0.25, 0.3) is 0 Å². The third-order valence-electron chi connectivity index (χ3n) is 4.49. The molecule has 0 radical (unpaired) electrons. The molecule has 0 bridgehead atoms. The van der Waals surface area contributed by atoms with Crippen LogP contribution in [0, 0.1) is 0 Å². The molecule has 1 aliphatic heterocycles. The first-order valence-corrected chi connectivity index (χ1v) is 12.1. The molecule has 1 aromatic heterocycles. The lowest BCUT2D eigenvalue weighted by atomic mass is 9.93. The normalized spacial score (nSPS) is 13.7. The highest BCUT2D eigenvalue weighted by molar-refractivity contribution is 7.99. The van der Waals surface area contributed by atoms with Crippen molar-refractivity contribution in [3.63, 3.8) is 0 Å². The molecule has 0 atom stereocenters. The van der Waals surface area contributed by atoms with E-state index in [1.165, 1.54) is 11.8 Å². The Morgan fingerprint density at radius 2 is 2.03 bits per heavy atom. The topological polar surface area (TPSA) is 107 Å². The quantitative estimate of drug-likeness (QED) is 0.337. The maximum absolute atomic E-state index is 11.2. The third-order valence-corrected chi connectivity index (χ3v) is 6.43. The molecule has 4 rings (SSSR count). The van der Waals surface area contributed by atoms with Gasteiger partial charge in [-0.2, -0.15) is 0 Å². The largest absolute Gasteiger partial charge is 0.372 e. The van der Waals surface area contributed by atoms with Crippen LogP contribution >= 0.6 is 23.4 Å². The maximum atomic E-state index is 11.2. The molecule has 1 aliphatic rings. The standard InChI is InChI=1S/C19H19ClN4O3S2/c1-29(25,26)22-5-6-28-16-8-15(23-19(21)24-16)18-13-4-2-3-11-9-27-10-12(17(11)13)7-14(18)20/h2-4,7-8,22H,5-6,9-10H2,1H3,(H2,21,23,24). The Morgan fingerprint density at radius 3 is 2.83 bits per heavy atom. The summed E-state index contributed by atoms with van der Waals surface area (Å²) in [7, 11) is -3.22. The van der Waals surface area contributed by atoms with Crippen LogP contribution in [0.5, 0.6) is 0 Å². The number of hydrogen-bond donors (Lipinski definition) is 2. The first-order valence-electron chi connectivity index (χ1n) is 8.85. The second-order valence-electron chi connectivity index (χ2n) is 6.69. The van der Waals surface area contributed by atoms with Crippen molar-refractivity contribution >= 4 is 50.1 Å². The van der Waals surface area contributed by atoms with Gasteiger partial charge in [0, 0.05) is 17.9 Å². The molecule has 3 N–H and O–H groups in total. The van der Waals surface area contributed by atoms with Gasteiger partial charge in [0.2, 0.25) is 16.0 Å². The molecule has 0 saturated heterocycles. The summed E-state index contributed by atoms with van der Waals surface area (Å²) in [6.07, 6.45) is 1.13. The van der Waals surface area contributed by atoms with Crippen molar-refractivity contribution in [2.45, 2.75) is 18.2 Å². The van der Waals surface area contributed by atoms with Crippen molar-refractivity contribution in [1.82, 2.24) is 14.7 Å². The zero-order valence-corrected chi connectivity index (χ0v) is 18.0. The van der Waals surface area contributed by atoms with Gasteiger partial charge in [-0.3, -0.25) is 0 Å². The summed E-state index contributed by atoms with van der Waals surface area (Å²) in [6.45, 7) is 1.38. The Labute approximate surface area is 178 Å². The van der Waals surface area contributed by atoms with Crippen LogP contribution in [-0.2, 0) is 28.0 Å². The minimum Gasteiger partial charge on any atom is -0.372 e. The summed E-state index contributed by atoms with van der Waals surface area (Å²) in [5, 5.41) is 3.37. The van der Waals surface area contributed by atoms with Crippen LogP contribution in [0.4, 0.5) is 5.95 Å². The van der Waals surface area contributed by atoms with Gasteiger partial charge in [-0.1, -0.05) is 29.8 Å². The average Bonchev–Trinajstić information content (AvgIpc) is 2.64. The third kappa shape index (κ3) is 4.49. The molecule has 0 amide bonds. The van der Waals surface area contributed by atoms with E-state index in [1.807, 2.05) is 30.3 Å². The van der Waals surface area contributed by atoms with E-state index in [0.717, 1.165) is 33.7 Å². The zero-order chi connectivity index (χ0) is 20.6. The second kappa shape index (κ2) is 8.08. The number of nitrogens with one attached hydrogen (secondary N) is 1. The molecule has 0 unspecified atom stereocenters. The predicted octanol–water partition coefficient (Wildman–Crippen LogP) is 3.20. The molecular weight excluding hydrogens is 432 g/mol. The monoisotopic (exact) mass is 450 g/mol. The highest BCUT2D eigenvalue weighted by Crippen LogP contribution is 2.40. The van der Waals surface area contributed by atoms with Gasteiger partial charge in [0.05, 0.1) is 30.2 Å². The van der Waals surface area contributed by atoms with Crippen LogP contribution in [-0.4, -0.2) is 36.9 Å². The molecule has 3 aromatic rings. The number of benzene rings is 2. The number of thioether (sulfide) groups is 1. The molecule has 7 nitrogen and oxygen atoms in total.